The summed E-state index contributed by atoms with van der Waals surface area (Å²) in [5, 5.41) is 7.34. The topological polar surface area (TPSA) is 87.2 Å². The van der Waals surface area contributed by atoms with Crippen molar-refractivity contribution in [3.8, 4) is 0 Å². The lowest BCUT2D eigenvalue weighted by Crippen LogP contribution is -2.42. The molecule has 0 spiro atoms. The maximum Gasteiger partial charge on any atom is 0.214 e. The van der Waals surface area contributed by atoms with Crippen LogP contribution in [0.1, 0.15) is 25.7 Å². The first-order valence-electron chi connectivity index (χ1n) is 5.81. The summed E-state index contributed by atoms with van der Waals surface area (Å²) in [6.45, 7) is 1.05. The van der Waals surface area contributed by atoms with Crippen molar-refractivity contribution in [1.29, 1.82) is 5.41 Å². The molecule has 0 aromatic carbocycles. The fourth-order valence-electron chi connectivity index (χ4n) is 2.13. The number of hydrogen-bond donors (Lipinski definition) is 2. The largest absolute Gasteiger partial charge is 0.387 e. The molecule has 0 aromatic heterocycles. The van der Waals surface area contributed by atoms with Crippen molar-refractivity contribution >= 4 is 15.9 Å². The average Bonchev–Trinajstić information content (AvgIpc) is 3.01. The molecule has 0 aromatic rings. The van der Waals surface area contributed by atoms with Gasteiger partial charge in [-0.3, -0.25) is 5.41 Å². The number of amidine groups is 1. The zero-order valence-electron chi connectivity index (χ0n) is 9.35. The zero-order chi connectivity index (χ0) is 11.8. The Bertz CT molecular complexity index is 368. The number of piperidine rings is 1. The molecule has 1 saturated heterocycles. The second-order valence-corrected chi connectivity index (χ2v) is 6.86. The highest BCUT2D eigenvalue weighted by molar-refractivity contribution is 7.89. The summed E-state index contributed by atoms with van der Waals surface area (Å²) in [6, 6.07) is 0. The molecule has 16 heavy (non-hydrogen) atoms. The van der Waals surface area contributed by atoms with Crippen molar-refractivity contribution in [3.05, 3.63) is 0 Å². The summed E-state index contributed by atoms with van der Waals surface area (Å²) < 4.78 is 25.5. The molecular weight excluding hydrogens is 226 g/mol. The maximum absolute atomic E-state index is 12.0. The molecule has 0 radical (unpaired) electrons. The second kappa shape index (κ2) is 4.33. The van der Waals surface area contributed by atoms with Gasteiger partial charge in [-0.05, 0) is 31.6 Å². The van der Waals surface area contributed by atoms with Crippen LogP contribution in [-0.2, 0) is 10.0 Å². The molecule has 0 bridgehead atoms. The predicted octanol–water partition coefficient (Wildman–Crippen LogP) is 0.374. The van der Waals surface area contributed by atoms with E-state index in [1.807, 2.05) is 0 Å². The molecule has 3 N–H and O–H groups in total. The van der Waals surface area contributed by atoms with Gasteiger partial charge in [0.25, 0.3) is 0 Å². The first-order chi connectivity index (χ1) is 7.49. The maximum atomic E-state index is 12.0. The molecular formula is C10H19N3O2S. The summed E-state index contributed by atoms with van der Waals surface area (Å²) >= 11 is 0. The molecule has 1 heterocycles. The van der Waals surface area contributed by atoms with Gasteiger partial charge in [-0.15, -0.1) is 0 Å². The number of sulfonamides is 1. The highest BCUT2D eigenvalue weighted by Crippen LogP contribution is 2.32. The Morgan fingerprint density at radius 1 is 1.25 bits per heavy atom. The smallest absolute Gasteiger partial charge is 0.214 e. The van der Waals surface area contributed by atoms with E-state index in [0.717, 1.165) is 12.8 Å². The minimum absolute atomic E-state index is 0.0763. The quantitative estimate of drug-likeness (QED) is 0.554. The third-order valence-electron chi connectivity index (χ3n) is 3.43. The van der Waals surface area contributed by atoms with E-state index in [4.69, 9.17) is 11.1 Å². The van der Waals surface area contributed by atoms with Crippen molar-refractivity contribution in [1.82, 2.24) is 4.31 Å². The first-order valence-corrected chi connectivity index (χ1v) is 7.41. The lowest BCUT2D eigenvalue weighted by Gasteiger charge is -2.30. The Morgan fingerprint density at radius 3 is 2.25 bits per heavy atom. The van der Waals surface area contributed by atoms with Gasteiger partial charge in [0.1, 0.15) is 0 Å². The summed E-state index contributed by atoms with van der Waals surface area (Å²) in [5.74, 6) is 0.986. The number of nitrogens with zero attached hydrogens (tertiary/aromatic N) is 1. The molecule has 1 saturated carbocycles. The van der Waals surface area contributed by atoms with Crippen LogP contribution in [-0.4, -0.2) is 37.4 Å². The fraction of sp³-hybridized carbons (Fsp3) is 0.900. The van der Waals surface area contributed by atoms with Gasteiger partial charge < -0.3 is 5.73 Å². The SMILES string of the molecule is N=C(N)C1CCN(S(=O)(=O)CC2CC2)CC1. The highest BCUT2D eigenvalue weighted by atomic mass is 32.2. The van der Waals surface area contributed by atoms with E-state index in [9.17, 15) is 8.42 Å². The van der Waals surface area contributed by atoms with Gasteiger partial charge in [-0.1, -0.05) is 0 Å². The molecule has 2 rings (SSSR count). The number of nitrogens with one attached hydrogen (secondary N) is 1. The van der Waals surface area contributed by atoms with Crippen LogP contribution in [0.4, 0.5) is 0 Å². The number of rotatable bonds is 4. The fourth-order valence-corrected chi connectivity index (χ4v) is 4.04. The van der Waals surface area contributed by atoms with Crippen molar-refractivity contribution in [2.75, 3.05) is 18.8 Å². The second-order valence-electron chi connectivity index (χ2n) is 4.85. The van der Waals surface area contributed by atoms with E-state index < -0.39 is 10.0 Å². The van der Waals surface area contributed by atoms with Crippen LogP contribution in [0.25, 0.3) is 0 Å². The molecule has 2 aliphatic rings. The van der Waals surface area contributed by atoms with Gasteiger partial charge in [0.2, 0.25) is 10.0 Å². The van der Waals surface area contributed by atoms with Crippen LogP contribution >= 0.6 is 0 Å². The third kappa shape index (κ3) is 2.74. The molecule has 0 unspecified atom stereocenters. The van der Waals surface area contributed by atoms with Crippen molar-refractivity contribution < 1.29 is 8.42 Å². The van der Waals surface area contributed by atoms with Gasteiger partial charge in [-0.2, -0.15) is 0 Å². The van der Waals surface area contributed by atoms with Crippen molar-refractivity contribution in [3.63, 3.8) is 0 Å². The van der Waals surface area contributed by atoms with Crippen LogP contribution in [0.15, 0.2) is 0 Å². The summed E-state index contributed by atoms with van der Waals surface area (Å²) in [6.07, 6.45) is 3.50. The van der Waals surface area contributed by atoms with Gasteiger partial charge in [0.05, 0.1) is 11.6 Å². The summed E-state index contributed by atoms with van der Waals surface area (Å²) in [7, 11) is -3.05. The zero-order valence-corrected chi connectivity index (χ0v) is 10.2. The van der Waals surface area contributed by atoms with Gasteiger partial charge in [0, 0.05) is 19.0 Å². The molecule has 1 aliphatic heterocycles. The molecule has 1 aliphatic carbocycles. The van der Waals surface area contributed by atoms with Gasteiger partial charge in [-0.25, -0.2) is 12.7 Å². The lowest BCUT2D eigenvalue weighted by molar-refractivity contribution is 0.314. The van der Waals surface area contributed by atoms with E-state index in [2.05, 4.69) is 0 Å². The molecule has 5 nitrogen and oxygen atoms in total. The minimum Gasteiger partial charge on any atom is -0.387 e. The standard InChI is InChI=1S/C10H19N3O2S/c11-10(12)9-3-5-13(6-4-9)16(14,15)7-8-1-2-8/h8-9H,1-7H2,(H3,11,12). The third-order valence-corrected chi connectivity index (χ3v) is 5.47. The monoisotopic (exact) mass is 245 g/mol. The normalized spacial score (nSPS) is 24.5. The number of nitrogens with two attached hydrogens (primary N) is 1. The molecule has 0 atom stereocenters. The Balaban J connectivity index is 1.90. The van der Waals surface area contributed by atoms with E-state index in [1.165, 1.54) is 0 Å². The summed E-state index contributed by atoms with van der Waals surface area (Å²) in [4.78, 5) is 0. The van der Waals surface area contributed by atoms with Crippen molar-refractivity contribution in [2.45, 2.75) is 25.7 Å². The summed E-state index contributed by atoms with van der Waals surface area (Å²) in [5.41, 5.74) is 5.43. The van der Waals surface area contributed by atoms with E-state index >= 15 is 0 Å². The molecule has 0 amide bonds. The average molecular weight is 245 g/mol. The Morgan fingerprint density at radius 2 is 1.81 bits per heavy atom. The van der Waals surface area contributed by atoms with Gasteiger partial charge in [0.15, 0.2) is 0 Å². The Kier molecular flexibility index (Phi) is 3.21. The van der Waals surface area contributed by atoms with E-state index in [0.29, 0.717) is 37.6 Å². The van der Waals surface area contributed by atoms with E-state index in [-0.39, 0.29) is 11.8 Å². The van der Waals surface area contributed by atoms with Crippen LogP contribution in [0.3, 0.4) is 0 Å². The van der Waals surface area contributed by atoms with Gasteiger partial charge >= 0.3 is 0 Å². The first kappa shape index (κ1) is 11.9. The molecule has 92 valence electrons. The molecule has 2 fully saturated rings. The number of hydrogen-bond acceptors (Lipinski definition) is 3. The minimum atomic E-state index is -3.05. The van der Waals surface area contributed by atoms with Crippen LogP contribution in [0.5, 0.6) is 0 Å². The Labute approximate surface area is 96.6 Å². The van der Waals surface area contributed by atoms with Crippen LogP contribution in [0.2, 0.25) is 0 Å². The molecule has 6 heteroatoms. The van der Waals surface area contributed by atoms with E-state index in [1.54, 1.807) is 4.31 Å². The lowest BCUT2D eigenvalue weighted by atomic mass is 9.97. The predicted molar refractivity (Wildman–Crippen MR) is 62.7 cm³/mol. The van der Waals surface area contributed by atoms with Crippen LogP contribution < -0.4 is 5.73 Å². The highest BCUT2D eigenvalue weighted by Gasteiger charge is 2.34. The van der Waals surface area contributed by atoms with Crippen molar-refractivity contribution in [2.24, 2.45) is 17.6 Å². The van der Waals surface area contributed by atoms with Crippen LogP contribution in [0, 0.1) is 17.2 Å². The Hall–Kier alpha value is -0.620.